The summed E-state index contributed by atoms with van der Waals surface area (Å²) in [6.07, 6.45) is 1.09. The first-order chi connectivity index (χ1) is 13.6. The van der Waals surface area contributed by atoms with Crippen LogP contribution in [0.2, 0.25) is 0 Å². The average molecular weight is 382 g/mol. The highest BCUT2D eigenvalue weighted by molar-refractivity contribution is 6.06. The number of hydrogen-bond acceptors (Lipinski definition) is 5. The van der Waals surface area contributed by atoms with Crippen LogP contribution in [0.5, 0.6) is 11.6 Å². The summed E-state index contributed by atoms with van der Waals surface area (Å²) in [6, 6.07) is 11.8. The molecule has 2 aromatic heterocycles. The molecule has 0 saturated heterocycles. The van der Waals surface area contributed by atoms with Crippen molar-refractivity contribution in [1.29, 1.82) is 0 Å². The van der Waals surface area contributed by atoms with E-state index in [2.05, 4.69) is 10.1 Å². The highest BCUT2D eigenvalue weighted by Crippen LogP contribution is 2.33. The second-order valence-corrected chi connectivity index (χ2v) is 6.51. The summed E-state index contributed by atoms with van der Waals surface area (Å²) in [7, 11) is 1.58. The van der Waals surface area contributed by atoms with Crippen molar-refractivity contribution in [3.05, 3.63) is 65.9 Å². The number of nitrogens with zero attached hydrogens (tertiary/aromatic N) is 4. The van der Waals surface area contributed by atoms with Crippen molar-refractivity contribution in [3.8, 4) is 11.6 Å². The Balaban J connectivity index is 1.57. The predicted octanol–water partition coefficient (Wildman–Crippen LogP) is 3.23. The van der Waals surface area contributed by atoms with E-state index in [0.717, 1.165) is 11.9 Å². The Morgan fingerprint density at radius 3 is 2.82 bits per heavy atom. The molecule has 0 N–H and O–H groups in total. The monoisotopic (exact) mass is 382 g/mol. The van der Waals surface area contributed by atoms with Gasteiger partial charge < -0.3 is 14.4 Å². The van der Waals surface area contributed by atoms with Crippen LogP contribution >= 0.6 is 0 Å². The van der Waals surface area contributed by atoms with Crippen LogP contribution in [0.4, 0.5) is 10.1 Å². The molecule has 28 heavy (non-hydrogen) atoms. The molecule has 1 aromatic carbocycles. The smallest absolute Gasteiger partial charge is 0.276 e. The molecule has 7 nitrogen and oxygen atoms in total. The van der Waals surface area contributed by atoms with Crippen molar-refractivity contribution in [2.45, 2.75) is 19.6 Å². The van der Waals surface area contributed by atoms with Crippen molar-refractivity contribution in [1.82, 2.24) is 14.8 Å². The van der Waals surface area contributed by atoms with Crippen LogP contribution < -0.4 is 14.4 Å². The Labute approximate surface area is 161 Å². The molecular weight excluding hydrogens is 363 g/mol. The highest BCUT2D eigenvalue weighted by atomic mass is 19.1. The zero-order chi connectivity index (χ0) is 19.7. The largest absolute Gasteiger partial charge is 0.495 e. The maximum atomic E-state index is 13.1. The van der Waals surface area contributed by atoms with Gasteiger partial charge in [-0.15, -0.1) is 0 Å². The van der Waals surface area contributed by atoms with Gasteiger partial charge in [-0.25, -0.2) is 9.37 Å². The Morgan fingerprint density at radius 1 is 1.25 bits per heavy atom. The molecule has 0 radical (unpaired) electrons. The number of ether oxygens (including phenoxy) is 2. The van der Waals surface area contributed by atoms with E-state index in [1.807, 2.05) is 31.2 Å². The Kier molecular flexibility index (Phi) is 4.68. The van der Waals surface area contributed by atoms with E-state index in [9.17, 15) is 9.18 Å². The fourth-order valence-corrected chi connectivity index (χ4v) is 3.23. The third-order valence-corrected chi connectivity index (χ3v) is 4.56. The van der Waals surface area contributed by atoms with Gasteiger partial charge in [0.1, 0.15) is 29.6 Å². The number of pyridine rings is 1. The molecule has 0 unspecified atom stereocenters. The molecule has 0 aliphatic carbocycles. The molecule has 0 spiro atoms. The van der Waals surface area contributed by atoms with Gasteiger partial charge in [-0.1, -0.05) is 12.1 Å². The van der Waals surface area contributed by atoms with Crippen LogP contribution in [0.15, 0.2) is 48.7 Å². The minimum Gasteiger partial charge on any atom is -0.495 e. The summed E-state index contributed by atoms with van der Waals surface area (Å²) < 4.78 is 25.6. The number of rotatable bonds is 5. The van der Waals surface area contributed by atoms with Crippen LogP contribution in [0.25, 0.3) is 0 Å². The first-order valence-electron chi connectivity index (χ1n) is 8.84. The van der Waals surface area contributed by atoms with Crippen molar-refractivity contribution in [2.75, 3.05) is 18.6 Å². The normalized spacial score (nSPS) is 16.0. The van der Waals surface area contributed by atoms with Gasteiger partial charge in [0, 0.05) is 12.6 Å². The van der Waals surface area contributed by atoms with Crippen LogP contribution in [-0.4, -0.2) is 34.3 Å². The number of carbonyl (C=O) groups excluding carboxylic acids is 1. The second-order valence-electron chi connectivity index (χ2n) is 6.51. The molecule has 8 heteroatoms. The quantitative estimate of drug-likeness (QED) is 0.678. The maximum Gasteiger partial charge on any atom is 0.276 e. The van der Waals surface area contributed by atoms with E-state index in [0.29, 0.717) is 29.6 Å². The number of methoxy groups -OCH3 is 1. The van der Waals surface area contributed by atoms with E-state index < -0.39 is 5.82 Å². The van der Waals surface area contributed by atoms with Crippen molar-refractivity contribution < 1.29 is 18.7 Å². The molecule has 1 aliphatic heterocycles. The van der Waals surface area contributed by atoms with Crippen molar-refractivity contribution >= 4 is 11.6 Å². The molecule has 1 atom stereocenters. The number of aromatic nitrogens is 3. The Morgan fingerprint density at radius 2 is 2.07 bits per heavy atom. The number of halogens is 1. The van der Waals surface area contributed by atoms with Gasteiger partial charge in [0.25, 0.3) is 5.91 Å². The van der Waals surface area contributed by atoms with E-state index >= 15 is 0 Å². The fraction of sp³-hybridized carbons (Fsp3) is 0.250. The number of anilines is 1. The predicted molar refractivity (Wildman–Crippen MR) is 100 cm³/mol. The van der Waals surface area contributed by atoms with Gasteiger partial charge in [0.2, 0.25) is 5.88 Å². The zero-order valence-electron chi connectivity index (χ0n) is 15.5. The lowest BCUT2D eigenvalue weighted by molar-refractivity contribution is 0.0952. The zero-order valence-corrected chi connectivity index (χ0v) is 15.5. The van der Waals surface area contributed by atoms with Gasteiger partial charge in [-0.2, -0.15) is 5.10 Å². The first kappa shape index (κ1) is 18.0. The van der Waals surface area contributed by atoms with Crippen molar-refractivity contribution in [2.24, 2.45) is 0 Å². The van der Waals surface area contributed by atoms with Gasteiger partial charge >= 0.3 is 0 Å². The molecule has 144 valence electrons. The molecule has 0 fully saturated rings. The first-order valence-corrected chi connectivity index (χ1v) is 8.84. The van der Waals surface area contributed by atoms with Crippen molar-refractivity contribution in [3.63, 3.8) is 0 Å². The lowest BCUT2D eigenvalue weighted by Crippen LogP contribution is -2.42. The number of para-hydroxylation sites is 2. The third kappa shape index (κ3) is 3.28. The topological polar surface area (TPSA) is 69.5 Å². The molecule has 0 bridgehead atoms. The summed E-state index contributed by atoms with van der Waals surface area (Å²) in [5, 5.41) is 4.50. The fourth-order valence-electron chi connectivity index (χ4n) is 3.23. The summed E-state index contributed by atoms with van der Waals surface area (Å²) in [5.74, 6) is 0.353. The number of hydrogen-bond donors (Lipinski definition) is 0. The van der Waals surface area contributed by atoms with Crippen LogP contribution in [-0.2, 0) is 6.61 Å². The number of fused-ring (bicyclic) bond motifs is 1. The number of benzene rings is 1. The minimum absolute atomic E-state index is 0.0182. The van der Waals surface area contributed by atoms with E-state index in [-0.39, 0.29) is 18.6 Å². The van der Waals surface area contributed by atoms with Gasteiger partial charge in [0.05, 0.1) is 25.0 Å². The van der Waals surface area contributed by atoms with Gasteiger partial charge in [-0.3, -0.25) is 9.48 Å². The summed E-state index contributed by atoms with van der Waals surface area (Å²) >= 11 is 0. The maximum absolute atomic E-state index is 13.1. The highest BCUT2D eigenvalue weighted by Gasteiger charge is 2.33. The summed E-state index contributed by atoms with van der Waals surface area (Å²) in [5.41, 5.74) is 1.81. The Hall–Kier alpha value is -3.42. The molecule has 4 rings (SSSR count). The molecular formula is C20H19FN4O3. The lowest BCUT2D eigenvalue weighted by Gasteiger charge is -2.32. The number of carbonyl (C=O) groups is 1. The van der Waals surface area contributed by atoms with E-state index in [4.69, 9.17) is 9.47 Å². The standard InChI is InChI=1S/C20H19FN4O3/c1-13-11-24(16-5-3-4-6-18(16)27-2)20(26)17-9-15(23-25(13)17)12-28-19-8-7-14(21)10-22-19/h3-10,13H,11-12H2,1-2H3/t13-/m1/s1. The number of amides is 1. The minimum atomic E-state index is -0.430. The van der Waals surface area contributed by atoms with Crippen LogP contribution in [0.1, 0.15) is 29.1 Å². The lowest BCUT2D eigenvalue weighted by atomic mass is 10.1. The summed E-state index contributed by atoms with van der Waals surface area (Å²) in [6.45, 7) is 2.61. The average Bonchev–Trinajstić information content (AvgIpc) is 3.15. The third-order valence-electron chi connectivity index (χ3n) is 4.56. The molecule has 3 heterocycles. The van der Waals surface area contributed by atoms with Gasteiger partial charge in [0.15, 0.2) is 0 Å². The van der Waals surface area contributed by atoms with E-state index in [1.54, 1.807) is 22.8 Å². The van der Waals surface area contributed by atoms with Crippen LogP contribution in [0, 0.1) is 5.82 Å². The van der Waals surface area contributed by atoms with E-state index in [1.165, 1.54) is 12.1 Å². The second kappa shape index (κ2) is 7.30. The molecule has 1 aliphatic rings. The SMILES string of the molecule is COc1ccccc1N1C[C@@H](C)n2nc(COc3ccc(F)cn3)cc2C1=O. The Bertz CT molecular complexity index is 1000. The molecule has 0 saturated carbocycles. The molecule has 3 aromatic rings. The van der Waals surface area contributed by atoms with Crippen LogP contribution in [0.3, 0.4) is 0 Å². The molecule has 1 amide bonds. The summed E-state index contributed by atoms with van der Waals surface area (Å²) in [4.78, 5) is 18.6. The van der Waals surface area contributed by atoms with Gasteiger partial charge in [-0.05, 0) is 31.2 Å².